The number of ether oxygens (including phenoxy) is 2. The molecule has 1 N–H and O–H groups in total. The Hall–Kier alpha value is -2.74. The Morgan fingerprint density at radius 1 is 1.15 bits per heavy atom. The maximum atomic E-state index is 13.1. The van der Waals surface area contributed by atoms with Gasteiger partial charge in [-0.15, -0.1) is 0 Å². The summed E-state index contributed by atoms with van der Waals surface area (Å²) >= 11 is 3.43. The van der Waals surface area contributed by atoms with E-state index in [1.54, 1.807) is 43.3 Å². The van der Waals surface area contributed by atoms with Gasteiger partial charge in [0.15, 0.2) is 0 Å². The zero-order chi connectivity index (χ0) is 18.4. The van der Waals surface area contributed by atoms with Crippen molar-refractivity contribution in [3.05, 3.63) is 40.6 Å². The number of carbonyl (C=O) groups excluding carboxylic acids is 1. The van der Waals surface area contributed by atoms with Gasteiger partial charge < -0.3 is 14.5 Å². The number of aromatic nitrogens is 2. The van der Waals surface area contributed by atoms with Gasteiger partial charge in [0.05, 0.1) is 36.7 Å². The lowest BCUT2D eigenvalue weighted by atomic mass is 10.1. The summed E-state index contributed by atoms with van der Waals surface area (Å²) in [6, 6.07) is 7.22. The van der Waals surface area contributed by atoms with E-state index in [1.807, 2.05) is 18.2 Å². The van der Waals surface area contributed by atoms with E-state index in [2.05, 4.69) is 25.9 Å². The first kappa shape index (κ1) is 16.7. The van der Waals surface area contributed by atoms with E-state index in [-0.39, 0.29) is 6.03 Å². The topological polar surface area (TPSA) is 70.7 Å². The Labute approximate surface area is 158 Å². The van der Waals surface area contributed by atoms with Crippen LogP contribution in [0.25, 0.3) is 11.0 Å². The van der Waals surface area contributed by atoms with Gasteiger partial charge in [-0.2, -0.15) is 0 Å². The SMILES string of the molecule is COc1cc(OC)cc(N2Cc3cnc4[nH]c(Br)cc4c3N(C)C2=O)c1. The van der Waals surface area contributed by atoms with Crippen LogP contribution >= 0.6 is 15.9 Å². The number of rotatable bonds is 3. The van der Waals surface area contributed by atoms with Crippen LogP contribution in [0.5, 0.6) is 11.5 Å². The molecule has 0 saturated heterocycles. The molecule has 2 aromatic heterocycles. The molecule has 2 amide bonds. The maximum absolute atomic E-state index is 13.1. The fourth-order valence-electron chi connectivity index (χ4n) is 3.25. The van der Waals surface area contributed by atoms with Crippen molar-refractivity contribution in [1.29, 1.82) is 0 Å². The van der Waals surface area contributed by atoms with Gasteiger partial charge >= 0.3 is 6.03 Å². The summed E-state index contributed by atoms with van der Waals surface area (Å²) in [4.78, 5) is 24.0. The summed E-state index contributed by atoms with van der Waals surface area (Å²) in [5.74, 6) is 1.26. The van der Waals surface area contributed by atoms with Gasteiger partial charge in [0, 0.05) is 42.4 Å². The van der Waals surface area contributed by atoms with Crippen molar-refractivity contribution in [2.75, 3.05) is 31.1 Å². The van der Waals surface area contributed by atoms with Gasteiger partial charge in [0.25, 0.3) is 0 Å². The Morgan fingerprint density at radius 2 is 1.85 bits per heavy atom. The lowest BCUT2D eigenvalue weighted by Crippen LogP contribution is -2.45. The summed E-state index contributed by atoms with van der Waals surface area (Å²) in [5, 5.41) is 0.910. The van der Waals surface area contributed by atoms with Crippen LogP contribution in [0.3, 0.4) is 0 Å². The minimum Gasteiger partial charge on any atom is -0.497 e. The molecule has 0 fully saturated rings. The summed E-state index contributed by atoms with van der Waals surface area (Å²) in [6.07, 6.45) is 1.80. The number of nitrogens with zero attached hydrogens (tertiary/aromatic N) is 3. The summed E-state index contributed by atoms with van der Waals surface area (Å²) in [5.41, 5.74) is 3.28. The van der Waals surface area contributed by atoms with Gasteiger partial charge in [-0.05, 0) is 22.0 Å². The maximum Gasteiger partial charge on any atom is 0.329 e. The number of fused-ring (bicyclic) bond motifs is 3. The number of nitrogens with one attached hydrogen (secondary N) is 1. The van der Waals surface area contributed by atoms with Crippen LogP contribution in [-0.2, 0) is 6.54 Å². The molecule has 7 nitrogen and oxygen atoms in total. The van der Waals surface area contributed by atoms with Crippen LogP contribution in [0.2, 0.25) is 0 Å². The minimum atomic E-state index is -0.127. The number of halogens is 1. The number of anilines is 2. The molecular weight excluding hydrogens is 400 g/mol. The Kier molecular flexibility index (Phi) is 3.99. The van der Waals surface area contributed by atoms with Crippen molar-refractivity contribution in [2.45, 2.75) is 6.54 Å². The molecule has 1 aliphatic rings. The average Bonchev–Trinajstić information content (AvgIpc) is 3.03. The molecule has 0 unspecified atom stereocenters. The molecule has 3 heterocycles. The van der Waals surface area contributed by atoms with Crippen molar-refractivity contribution in [1.82, 2.24) is 9.97 Å². The van der Waals surface area contributed by atoms with Gasteiger partial charge in [-0.25, -0.2) is 9.78 Å². The summed E-state index contributed by atoms with van der Waals surface area (Å²) in [6.45, 7) is 0.417. The second kappa shape index (κ2) is 6.21. The second-order valence-corrected chi connectivity index (χ2v) is 6.86. The van der Waals surface area contributed by atoms with Crippen LogP contribution in [0, 0.1) is 0 Å². The molecule has 8 heteroatoms. The monoisotopic (exact) mass is 416 g/mol. The van der Waals surface area contributed by atoms with E-state index in [9.17, 15) is 4.79 Å². The van der Waals surface area contributed by atoms with Crippen LogP contribution in [0.1, 0.15) is 5.56 Å². The average molecular weight is 417 g/mol. The number of urea groups is 1. The predicted octanol–water partition coefficient (Wildman–Crippen LogP) is 3.92. The molecular formula is C18H17BrN4O3. The standard InChI is InChI=1S/C18H17BrN4O3/c1-22-16-10(8-20-17-14(16)7-15(19)21-17)9-23(18(22)24)11-4-12(25-2)6-13(5-11)26-3/h4-8H,9H2,1-3H3,(H,20,21). The molecule has 3 aromatic rings. The fraction of sp³-hybridized carbons (Fsp3) is 0.222. The van der Waals surface area contributed by atoms with Crippen molar-refractivity contribution in [2.24, 2.45) is 0 Å². The second-order valence-electron chi connectivity index (χ2n) is 6.01. The van der Waals surface area contributed by atoms with Gasteiger partial charge in [-0.3, -0.25) is 9.80 Å². The van der Waals surface area contributed by atoms with Crippen LogP contribution in [0.4, 0.5) is 16.2 Å². The number of H-pyrrole nitrogens is 1. The van der Waals surface area contributed by atoms with Gasteiger partial charge in [-0.1, -0.05) is 0 Å². The van der Waals surface area contributed by atoms with E-state index >= 15 is 0 Å². The molecule has 1 aromatic carbocycles. The van der Waals surface area contributed by atoms with Crippen LogP contribution in [-0.4, -0.2) is 37.3 Å². The highest BCUT2D eigenvalue weighted by Gasteiger charge is 2.31. The van der Waals surface area contributed by atoms with E-state index in [0.29, 0.717) is 23.7 Å². The highest BCUT2D eigenvalue weighted by atomic mass is 79.9. The molecule has 0 saturated carbocycles. The Bertz CT molecular complexity index is 995. The number of hydrogen-bond acceptors (Lipinski definition) is 4. The number of benzene rings is 1. The van der Waals surface area contributed by atoms with E-state index < -0.39 is 0 Å². The van der Waals surface area contributed by atoms with E-state index in [0.717, 1.165) is 26.9 Å². The smallest absolute Gasteiger partial charge is 0.329 e. The Balaban J connectivity index is 1.82. The molecule has 0 bridgehead atoms. The molecule has 134 valence electrons. The third kappa shape index (κ3) is 2.57. The number of pyridine rings is 1. The number of aromatic amines is 1. The third-order valence-electron chi connectivity index (χ3n) is 4.50. The lowest BCUT2D eigenvalue weighted by molar-refractivity contribution is 0.251. The van der Waals surface area contributed by atoms with Crippen molar-refractivity contribution in [3.8, 4) is 11.5 Å². The number of amides is 2. The lowest BCUT2D eigenvalue weighted by Gasteiger charge is -2.35. The predicted molar refractivity (Wildman–Crippen MR) is 103 cm³/mol. The van der Waals surface area contributed by atoms with Crippen molar-refractivity contribution >= 4 is 44.4 Å². The molecule has 4 rings (SSSR count). The quantitative estimate of drug-likeness (QED) is 0.702. The first-order chi connectivity index (χ1) is 12.5. The van der Waals surface area contributed by atoms with Gasteiger partial charge in [0.2, 0.25) is 0 Å². The largest absolute Gasteiger partial charge is 0.497 e. The van der Waals surface area contributed by atoms with Crippen LogP contribution in [0.15, 0.2) is 35.1 Å². The highest BCUT2D eigenvalue weighted by Crippen LogP contribution is 2.38. The van der Waals surface area contributed by atoms with Gasteiger partial charge in [0.1, 0.15) is 17.1 Å². The Morgan fingerprint density at radius 3 is 2.50 bits per heavy atom. The summed E-state index contributed by atoms with van der Waals surface area (Å²) in [7, 11) is 4.94. The van der Waals surface area contributed by atoms with Crippen molar-refractivity contribution < 1.29 is 14.3 Å². The normalized spacial score (nSPS) is 13.9. The zero-order valence-electron chi connectivity index (χ0n) is 14.5. The zero-order valence-corrected chi connectivity index (χ0v) is 16.1. The first-order valence-electron chi connectivity index (χ1n) is 7.96. The number of methoxy groups -OCH3 is 2. The number of carbonyl (C=O) groups is 1. The molecule has 0 radical (unpaired) electrons. The van der Waals surface area contributed by atoms with E-state index in [4.69, 9.17) is 9.47 Å². The van der Waals surface area contributed by atoms with E-state index in [1.165, 1.54) is 0 Å². The molecule has 0 atom stereocenters. The molecule has 26 heavy (non-hydrogen) atoms. The molecule has 1 aliphatic heterocycles. The summed E-state index contributed by atoms with van der Waals surface area (Å²) < 4.78 is 11.5. The first-order valence-corrected chi connectivity index (χ1v) is 8.75. The van der Waals surface area contributed by atoms with Crippen molar-refractivity contribution in [3.63, 3.8) is 0 Å². The number of hydrogen-bond donors (Lipinski definition) is 1. The van der Waals surface area contributed by atoms with Crippen LogP contribution < -0.4 is 19.3 Å². The minimum absolute atomic E-state index is 0.127. The molecule has 0 spiro atoms. The third-order valence-corrected chi connectivity index (χ3v) is 4.93. The highest BCUT2D eigenvalue weighted by molar-refractivity contribution is 9.10. The fourth-order valence-corrected chi connectivity index (χ4v) is 3.66. The molecule has 0 aliphatic carbocycles.